The first kappa shape index (κ1) is 19.6. The number of ether oxygens (including phenoxy) is 2. The summed E-state index contributed by atoms with van der Waals surface area (Å²) in [6.07, 6.45) is 4.49. The number of allylic oxidation sites excluding steroid dienone is 1. The number of carboxylic acid groups (broad SMARTS) is 1. The first-order valence-electron chi connectivity index (χ1n) is 9.32. The molecular formula is C19H23N3O4S2. The van der Waals surface area contributed by atoms with Gasteiger partial charge in [-0.1, -0.05) is 31.3 Å². The SMILES string of the molecule is Cc1cc(C(=O)O)n(-c2nc(C3=CCC4(CC3)OCCO4)c(SC(C)C)s2)n1. The van der Waals surface area contributed by atoms with Crippen LogP contribution in [0.15, 0.2) is 16.4 Å². The summed E-state index contributed by atoms with van der Waals surface area (Å²) in [5, 5.41) is 14.8. The van der Waals surface area contributed by atoms with Gasteiger partial charge in [0, 0.05) is 18.1 Å². The van der Waals surface area contributed by atoms with Crippen LogP contribution in [0.3, 0.4) is 0 Å². The smallest absolute Gasteiger partial charge is 0.354 e. The van der Waals surface area contributed by atoms with Gasteiger partial charge < -0.3 is 14.6 Å². The van der Waals surface area contributed by atoms with Crippen molar-refractivity contribution in [3.05, 3.63) is 29.2 Å². The Balaban J connectivity index is 1.71. The summed E-state index contributed by atoms with van der Waals surface area (Å²) >= 11 is 3.23. The van der Waals surface area contributed by atoms with E-state index in [1.165, 1.54) is 16.0 Å². The fraction of sp³-hybridized carbons (Fsp3) is 0.526. The van der Waals surface area contributed by atoms with Crippen LogP contribution in [-0.4, -0.2) is 50.1 Å². The molecule has 1 aliphatic carbocycles. The van der Waals surface area contributed by atoms with Crippen LogP contribution < -0.4 is 0 Å². The van der Waals surface area contributed by atoms with Crippen molar-refractivity contribution < 1.29 is 19.4 Å². The lowest BCUT2D eigenvalue weighted by molar-refractivity contribution is -0.159. The van der Waals surface area contributed by atoms with Gasteiger partial charge >= 0.3 is 5.97 Å². The molecule has 0 saturated carbocycles. The third-order valence-electron chi connectivity index (χ3n) is 4.71. The summed E-state index contributed by atoms with van der Waals surface area (Å²) in [5.41, 5.74) is 2.87. The lowest BCUT2D eigenvalue weighted by Gasteiger charge is -2.30. The fourth-order valence-electron chi connectivity index (χ4n) is 3.46. The number of aromatic nitrogens is 3. The number of hydrogen-bond donors (Lipinski definition) is 1. The molecule has 2 aromatic rings. The number of aryl methyl sites for hydroxylation is 1. The van der Waals surface area contributed by atoms with E-state index in [1.54, 1.807) is 24.8 Å². The van der Waals surface area contributed by atoms with E-state index in [-0.39, 0.29) is 5.69 Å². The number of hydrogen-bond acceptors (Lipinski definition) is 7. The predicted octanol–water partition coefficient (Wildman–Crippen LogP) is 4.15. The van der Waals surface area contributed by atoms with Gasteiger partial charge in [-0.25, -0.2) is 9.78 Å². The van der Waals surface area contributed by atoms with Crippen LogP contribution in [0.1, 0.15) is 55.0 Å². The standard InChI is InChI=1S/C19H23N3O4S2/c1-11(2)27-17-15(13-4-6-19(7-5-13)25-8-9-26-19)20-18(28-17)22-14(16(23)24)10-12(3)21-22/h4,10-11H,5-9H2,1-3H3,(H,23,24). The van der Waals surface area contributed by atoms with E-state index in [9.17, 15) is 9.90 Å². The van der Waals surface area contributed by atoms with Gasteiger partial charge in [0.25, 0.3) is 0 Å². The number of thioether (sulfide) groups is 1. The van der Waals surface area contributed by atoms with Crippen LogP contribution in [0.25, 0.3) is 10.7 Å². The molecule has 0 atom stereocenters. The molecule has 0 amide bonds. The van der Waals surface area contributed by atoms with Crippen LogP contribution in [0.5, 0.6) is 0 Å². The molecule has 1 N–H and O–H groups in total. The predicted molar refractivity (Wildman–Crippen MR) is 108 cm³/mol. The van der Waals surface area contributed by atoms with E-state index < -0.39 is 11.8 Å². The number of carbonyl (C=O) groups is 1. The third-order valence-corrected chi connectivity index (χ3v) is 6.95. The minimum Gasteiger partial charge on any atom is -0.477 e. The van der Waals surface area contributed by atoms with Crippen molar-refractivity contribution in [2.75, 3.05) is 13.2 Å². The zero-order valence-electron chi connectivity index (χ0n) is 16.1. The van der Waals surface area contributed by atoms with E-state index in [4.69, 9.17) is 14.5 Å². The van der Waals surface area contributed by atoms with Crippen LogP contribution in [0.4, 0.5) is 0 Å². The molecule has 1 spiro atoms. The fourth-order valence-corrected chi connectivity index (χ4v) is 5.97. The van der Waals surface area contributed by atoms with Crippen LogP contribution in [-0.2, 0) is 9.47 Å². The Hall–Kier alpha value is -1.68. The van der Waals surface area contributed by atoms with Crippen LogP contribution >= 0.6 is 23.1 Å². The monoisotopic (exact) mass is 421 g/mol. The molecule has 1 saturated heterocycles. The molecule has 9 heteroatoms. The first-order chi connectivity index (χ1) is 13.4. The summed E-state index contributed by atoms with van der Waals surface area (Å²) in [7, 11) is 0. The van der Waals surface area contributed by atoms with Crippen molar-refractivity contribution in [3.63, 3.8) is 0 Å². The van der Waals surface area contributed by atoms with E-state index in [2.05, 4.69) is 25.0 Å². The highest BCUT2D eigenvalue weighted by Crippen LogP contribution is 2.43. The second-order valence-corrected chi connectivity index (χ2v) is 10.1. The van der Waals surface area contributed by atoms with Crippen LogP contribution in [0, 0.1) is 6.92 Å². The quantitative estimate of drug-likeness (QED) is 0.726. The average Bonchev–Trinajstić information content (AvgIpc) is 3.35. The normalized spacial score (nSPS) is 18.8. The van der Waals surface area contributed by atoms with Gasteiger partial charge in [0.1, 0.15) is 0 Å². The molecule has 2 aliphatic rings. The molecular weight excluding hydrogens is 398 g/mol. The summed E-state index contributed by atoms with van der Waals surface area (Å²) < 4.78 is 14.1. The molecule has 2 aromatic heterocycles. The van der Waals surface area contributed by atoms with Gasteiger partial charge in [0.15, 0.2) is 11.5 Å². The highest BCUT2D eigenvalue weighted by molar-refractivity contribution is 8.01. The van der Waals surface area contributed by atoms with Gasteiger partial charge in [0.2, 0.25) is 5.13 Å². The molecule has 0 aromatic carbocycles. The lowest BCUT2D eigenvalue weighted by Crippen LogP contribution is -2.31. The molecule has 1 fully saturated rings. The summed E-state index contributed by atoms with van der Waals surface area (Å²) in [6, 6.07) is 1.57. The van der Waals surface area contributed by atoms with Gasteiger partial charge in [-0.3, -0.25) is 0 Å². The zero-order chi connectivity index (χ0) is 19.9. The Morgan fingerprint density at radius 2 is 2.14 bits per heavy atom. The van der Waals surface area contributed by atoms with Gasteiger partial charge in [0.05, 0.1) is 28.8 Å². The van der Waals surface area contributed by atoms with Crippen molar-refractivity contribution in [3.8, 4) is 5.13 Å². The Labute approximate surface area is 171 Å². The van der Waals surface area contributed by atoms with Crippen molar-refractivity contribution in [1.82, 2.24) is 14.8 Å². The largest absolute Gasteiger partial charge is 0.477 e. The molecule has 150 valence electrons. The number of thiazole rings is 1. The molecule has 7 nitrogen and oxygen atoms in total. The summed E-state index contributed by atoms with van der Waals surface area (Å²) in [6.45, 7) is 7.36. The molecule has 0 bridgehead atoms. The zero-order valence-corrected chi connectivity index (χ0v) is 17.7. The number of nitrogens with zero attached hydrogens (tertiary/aromatic N) is 3. The maximum absolute atomic E-state index is 11.6. The van der Waals surface area contributed by atoms with Gasteiger partial charge in [-0.2, -0.15) is 9.78 Å². The molecule has 3 heterocycles. The maximum atomic E-state index is 11.6. The summed E-state index contributed by atoms with van der Waals surface area (Å²) in [5.74, 6) is -1.48. The lowest BCUT2D eigenvalue weighted by atomic mass is 9.92. The van der Waals surface area contributed by atoms with Crippen molar-refractivity contribution in [1.29, 1.82) is 0 Å². The molecule has 1 aliphatic heterocycles. The molecule has 0 radical (unpaired) electrons. The highest BCUT2D eigenvalue weighted by Gasteiger charge is 2.38. The second kappa shape index (κ2) is 7.62. The second-order valence-electron chi connectivity index (χ2n) is 7.23. The van der Waals surface area contributed by atoms with Crippen molar-refractivity contribution >= 4 is 34.6 Å². The number of carboxylic acids is 1. The van der Waals surface area contributed by atoms with Crippen molar-refractivity contribution in [2.45, 2.75) is 55.3 Å². The Kier molecular flexibility index (Phi) is 5.34. The topological polar surface area (TPSA) is 86.5 Å². The Morgan fingerprint density at radius 1 is 1.39 bits per heavy atom. The first-order valence-corrected chi connectivity index (χ1v) is 11.0. The average molecular weight is 422 g/mol. The third kappa shape index (κ3) is 3.76. The Bertz CT molecular complexity index is 926. The van der Waals surface area contributed by atoms with E-state index >= 15 is 0 Å². The van der Waals surface area contributed by atoms with E-state index in [0.29, 0.717) is 35.7 Å². The Morgan fingerprint density at radius 3 is 2.75 bits per heavy atom. The highest BCUT2D eigenvalue weighted by atomic mass is 32.2. The molecule has 4 rings (SSSR count). The minimum absolute atomic E-state index is 0.128. The summed E-state index contributed by atoms with van der Waals surface area (Å²) in [4.78, 5) is 16.4. The van der Waals surface area contributed by atoms with Crippen molar-refractivity contribution in [2.24, 2.45) is 0 Å². The van der Waals surface area contributed by atoms with Gasteiger partial charge in [-0.15, -0.1) is 11.8 Å². The number of rotatable bonds is 5. The van der Waals surface area contributed by atoms with Crippen LogP contribution in [0.2, 0.25) is 0 Å². The number of aromatic carboxylic acids is 1. The maximum Gasteiger partial charge on any atom is 0.354 e. The van der Waals surface area contributed by atoms with E-state index in [1.807, 2.05) is 0 Å². The van der Waals surface area contributed by atoms with E-state index in [0.717, 1.165) is 28.3 Å². The van der Waals surface area contributed by atoms with Gasteiger partial charge in [-0.05, 0) is 25.0 Å². The molecule has 0 unspecified atom stereocenters. The minimum atomic E-state index is -1.01. The molecule has 28 heavy (non-hydrogen) atoms.